The SMILES string of the molecule is COc1ccc(-n2nc(-c3ccc(Cl)cc3)c3c2N(CC(=O)NC(C)C)C(=O)CS[C@@H]3c2cccs2)cc1. The van der Waals surface area contributed by atoms with Gasteiger partial charge in [0.05, 0.1) is 29.5 Å². The molecule has 3 heterocycles. The van der Waals surface area contributed by atoms with Crippen LogP contribution in [-0.2, 0) is 9.59 Å². The van der Waals surface area contributed by atoms with Crippen LogP contribution >= 0.6 is 34.7 Å². The zero-order chi connectivity index (χ0) is 26.8. The minimum Gasteiger partial charge on any atom is -0.497 e. The van der Waals surface area contributed by atoms with Crippen LogP contribution in [0.5, 0.6) is 5.75 Å². The lowest BCUT2D eigenvalue weighted by Gasteiger charge is -2.23. The number of amides is 2. The summed E-state index contributed by atoms with van der Waals surface area (Å²) in [5.74, 6) is 1.16. The zero-order valence-corrected chi connectivity index (χ0v) is 23.6. The summed E-state index contributed by atoms with van der Waals surface area (Å²) in [4.78, 5) is 29.3. The third-order valence-electron chi connectivity index (χ3n) is 6.08. The van der Waals surface area contributed by atoms with Crippen LogP contribution < -0.4 is 15.0 Å². The van der Waals surface area contributed by atoms with Crippen molar-refractivity contribution in [1.29, 1.82) is 0 Å². The van der Waals surface area contributed by atoms with Crippen molar-refractivity contribution < 1.29 is 14.3 Å². The molecule has 1 atom stereocenters. The molecule has 1 aliphatic rings. The quantitative estimate of drug-likeness (QED) is 0.299. The fraction of sp³-hybridized carbons (Fsp3) is 0.250. The van der Waals surface area contributed by atoms with E-state index < -0.39 is 0 Å². The first-order valence-electron chi connectivity index (χ1n) is 12.1. The number of halogens is 1. The first-order valence-corrected chi connectivity index (χ1v) is 14.4. The fourth-order valence-electron chi connectivity index (χ4n) is 4.42. The van der Waals surface area contributed by atoms with Gasteiger partial charge in [-0.2, -0.15) is 5.10 Å². The molecule has 0 fully saturated rings. The van der Waals surface area contributed by atoms with Crippen molar-refractivity contribution >= 4 is 52.3 Å². The molecule has 5 rings (SSSR count). The highest BCUT2D eigenvalue weighted by Gasteiger charge is 2.38. The number of ether oxygens (including phenoxy) is 1. The number of anilines is 1. The maximum atomic E-state index is 13.6. The Morgan fingerprint density at radius 1 is 1.16 bits per heavy atom. The predicted octanol–water partition coefficient (Wildman–Crippen LogP) is 5.96. The van der Waals surface area contributed by atoms with Gasteiger partial charge in [-0.3, -0.25) is 14.5 Å². The van der Waals surface area contributed by atoms with Gasteiger partial charge in [-0.25, -0.2) is 4.68 Å². The smallest absolute Gasteiger partial charge is 0.240 e. The second kappa shape index (κ2) is 11.2. The summed E-state index contributed by atoms with van der Waals surface area (Å²) in [6, 6.07) is 19.1. The van der Waals surface area contributed by atoms with Gasteiger partial charge in [0.1, 0.15) is 18.1 Å². The lowest BCUT2D eigenvalue weighted by Crippen LogP contribution is -2.44. The standard InChI is InChI=1S/C28H27ClN4O3S2/c1-17(2)30-23(34)15-32-24(35)16-38-27(22-5-4-14-37-22)25-26(18-6-8-19(29)9-7-18)31-33(28(25)32)20-10-12-21(36-3)13-11-20/h4-14,17,27H,15-16H2,1-3H3,(H,30,34)/t27-/m1/s1. The van der Waals surface area contributed by atoms with Gasteiger partial charge in [-0.15, -0.1) is 23.1 Å². The molecule has 4 aromatic rings. The Bertz CT molecular complexity index is 1430. The second-order valence-corrected chi connectivity index (χ2v) is 11.6. The zero-order valence-electron chi connectivity index (χ0n) is 21.2. The normalized spacial score (nSPS) is 15.3. The highest BCUT2D eigenvalue weighted by Crippen LogP contribution is 2.49. The van der Waals surface area contributed by atoms with Crippen molar-refractivity contribution in [3.8, 4) is 22.7 Å². The number of thiophene rings is 1. The number of hydrogen-bond donors (Lipinski definition) is 1. The van der Waals surface area contributed by atoms with E-state index in [2.05, 4.69) is 11.4 Å². The Morgan fingerprint density at radius 2 is 1.89 bits per heavy atom. The van der Waals surface area contributed by atoms with Crippen LogP contribution in [0.2, 0.25) is 5.02 Å². The first kappa shape index (κ1) is 26.3. The van der Waals surface area contributed by atoms with Crippen molar-refractivity contribution in [2.75, 3.05) is 24.3 Å². The van der Waals surface area contributed by atoms with Crippen molar-refractivity contribution in [3.63, 3.8) is 0 Å². The van der Waals surface area contributed by atoms with Gasteiger partial charge in [0.25, 0.3) is 0 Å². The summed E-state index contributed by atoms with van der Waals surface area (Å²) in [5, 5.41) is 10.5. The number of thioether (sulfide) groups is 1. The number of carbonyl (C=O) groups excluding carboxylic acids is 2. The maximum absolute atomic E-state index is 13.6. The third kappa shape index (κ3) is 5.32. The second-order valence-electron chi connectivity index (χ2n) is 9.11. The highest BCUT2D eigenvalue weighted by molar-refractivity contribution is 8.00. The van der Waals surface area contributed by atoms with Crippen molar-refractivity contribution in [1.82, 2.24) is 15.1 Å². The Balaban J connectivity index is 1.78. The van der Waals surface area contributed by atoms with E-state index >= 15 is 0 Å². The Hall–Kier alpha value is -3.27. The molecule has 0 spiro atoms. The highest BCUT2D eigenvalue weighted by atomic mass is 35.5. The molecular weight excluding hydrogens is 540 g/mol. The molecular formula is C28H27ClN4O3S2. The number of hydrogen-bond acceptors (Lipinski definition) is 6. The molecule has 10 heteroatoms. The minimum atomic E-state index is -0.227. The number of carbonyl (C=O) groups is 2. The molecule has 0 bridgehead atoms. The van der Waals surface area contributed by atoms with Crippen molar-refractivity contribution in [2.24, 2.45) is 0 Å². The number of aromatic nitrogens is 2. The van der Waals surface area contributed by atoms with Gasteiger partial charge in [0.2, 0.25) is 11.8 Å². The largest absolute Gasteiger partial charge is 0.497 e. The molecule has 0 unspecified atom stereocenters. The van der Waals surface area contributed by atoms with E-state index in [1.807, 2.05) is 73.8 Å². The van der Waals surface area contributed by atoms with Crippen LogP contribution in [0.1, 0.15) is 29.5 Å². The molecule has 1 N–H and O–H groups in total. The van der Waals surface area contributed by atoms with E-state index in [4.69, 9.17) is 21.4 Å². The van der Waals surface area contributed by atoms with Gasteiger partial charge in [0, 0.05) is 27.1 Å². The molecule has 0 saturated heterocycles. The summed E-state index contributed by atoms with van der Waals surface area (Å²) in [6.45, 7) is 3.69. The third-order valence-corrected chi connectivity index (χ3v) is 8.65. The van der Waals surface area contributed by atoms with Crippen molar-refractivity contribution in [2.45, 2.75) is 25.1 Å². The molecule has 2 amide bonds. The number of fused-ring (bicyclic) bond motifs is 1. The Morgan fingerprint density at radius 3 is 2.53 bits per heavy atom. The van der Waals surface area contributed by atoms with Crippen LogP contribution in [0.3, 0.4) is 0 Å². The molecule has 2 aromatic carbocycles. The van der Waals surface area contributed by atoms with Crippen LogP contribution in [0.4, 0.5) is 5.82 Å². The van der Waals surface area contributed by atoms with Crippen LogP contribution in [0.25, 0.3) is 16.9 Å². The molecule has 0 radical (unpaired) electrons. The molecule has 0 saturated carbocycles. The van der Waals surface area contributed by atoms with Gasteiger partial charge in [-0.1, -0.05) is 29.8 Å². The summed E-state index contributed by atoms with van der Waals surface area (Å²) in [6.07, 6.45) is 0. The van der Waals surface area contributed by atoms with E-state index in [-0.39, 0.29) is 35.4 Å². The van der Waals surface area contributed by atoms with Gasteiger partial charge >= 0.3 is 0 Å². The Labute approximate surface area is 234 Å². The fourth-order valence-corrected chi connectivity index (χ4v) is 6.72. The van der Waals surface area contributed by atoms with Crippen LogP contribution in [-0.4, -0.2) is 47.0 Å². The van der Waals surface area contributed by atoms with Gasteiger partial charge in [-0.05, 0) is 61.7 Å². The number of nitrogens with one attached hydrogen (secondary N) is 1. The Kier molecular flexibility index (Phi) is 7.78. The maximum Gasteiger partial charge on any atom is 0.240 e. The lowest BCUT2D eigenvalue weighted by molar-refractivity contribution is -0.123. The van der Waals surface area contributed by atoms with Gasteiger partial charge < -0.3 is 10.1 Å². The lowest BCUT2D eigenvalue weighted by atomic mass is 10.0. The summed E-state index contributed by atoms with van der Waals surface area (Å²) in [5.41, 5.74) is 3.25. The summed E-state index contributed by atoms with van der Waals surface area (Å²) in [7, 11) is 1.62. The molecule has 7 nitrogen and oxygen atoms in total. The van der Waals surface area contributed by atoms with E-state index in [0.717, 1.165) is 27.4 Å². The number of rotatable bonds is 7. The summed E-state index contributed by atoms with van der Waals surface area (Å²) < 4.78 is 7.13. The predicted molar refractivity (Wildman–Crippen MR) is 155 cm³/mol. The van der Waals surface area contributed by atoms with E-state index in [1.165, 1.54) is 0 Å². The van der Waals surface area contributed by atoms with Crippen molar-refractivity contribution in [3.05, 3.63) is 81.5 Å². The molecule has 2 aromatic heterocycles. The van der Waals surface area contributed by atoms with E-state index in [9.17, 15) is 9.59 Å². The van der Waals surface area contributed by atoms with E-state index in [0.29, 0.717) is 16.6 Å². The van der Waals surface area contributed by atoms with Gasteiger partial charge in [0.15, 0.2) is 0 Å². The molecule has 1 aliphatic heterocycles. The van der Waals surface area contributed by atoms with Crippen LogP contribution in [0.15, 0.2) is 66.0 Å². The molecule has 0 aliphatic carbocycles. The number of benzene rings is 2. The molecule has 196 valence electrons. The number of nitrogens with zero attached hydrogens (tertiary/aromatic N) is 3. The van der Waals surface area contributed by atoms with E-state index in [1.54, 1.807) is 39.8 Å². The first-order chi connectivity index (χ1) is 18.4. The average Bonchev–Trinajstić information content (AvgIpc) is 3.54. The topological polar surface area (TPSA) is 76.5 Å². The molecule has 38 heavy (non-hydrogen) atoms. The minimum absolute atomic E-state index is 0.0478. The number of methoxy groups -OCH3 is 1. The summed E-state index contributed by atoms with van der Waals surface area (Å²) >= 11 is 9.40. The monoisotopic (exact) mass is 566 g/mol. The van der Waals surface area contributed by atoms with Crippen LogP contribution in [0, 0.1) is 0 Å². The average molecular weight is 567 g/mol.